The van der Waals surface area contributed by atoms with Gasteiger partial charge in [0.15, 0.2) is 0 Å². The summed E-state index contributed by atoms with van der Waals surface area (Å²) in [6.45, 7) is 7.44. The van der Waals surface area contributed by atoms with Crippen molar-refractivity contribution in [3.05, 3.63) is 34.4 Å². The van der Waals surface area contributed by atoms with Crippen molar-refractivity contribution >= 4 is 0 Å². The van der Waals surface area contributed by atoms with Crippen LogP contribution in [0.3, 0.4) is 0 Å². The van der Waals surface area contributed by atoms with Gasteiger partial charge in [-0.2, -0.15) is 0 Å². The summed E-state index contributed by atoms with van der Waals surface area (Å²) in [5, 5.41) is 0. The van der Waals surface area contributed by atoms with Gasteiger partial charge >= 0.3 is 0 Å². The average molecular weight is 231 g/mol. The summed E-state index contributed by atoms with van der Waals surface area (Å²) < 4.78 is 0. The first-order valence-corrected chi connectivity index (χ1v) is 6.91. The predicted molar refractivity (Wildman–Crippen MR) is 74.4 cm³/mol. The van der Waals surface area contributed by atoms with E-state index in [0.717, 1.165) is 12.5 Å². The molecule has 1 aliphatic rings. The van der Waals surface area contributed by atoms with Gasteiger partial charge in [-0.05, 0) is 74.2 Å². The molecule has 0 aromatic heterocycles. The molecule has 1 aromatic carbocycles. The monoisotopic (exact) mass is 231 g/mol. The molecule has 1 unspecified atom stereocenters. The SMILES string of the molecule is Cc1cc(C)c(C(CN)C2CCCC2)cc1C. The molecular formula is C16H25N. The molecule has 0 amide bonds. The molecule has 94 valence electrons. The van der Waals surface area contributed by atoms with Gasteiger partial charge in [0.1, 0.15) is 0 Å². The molecule has 1 nitrogen and oxygen atoms in total. The molecule has 1 heteroatoms. The fraction of sp³-hybridized carbons (Fsp3) is 0.625. The number of hydrogen-bond donors (Lipinski definition) is 1. The maximum atomic E-state index is 6.04. The van der Waals surface area contributed by atoms with Crippen molar-refractivity contribution in [1.29, 1.82) is 0 Å². The standard InChI is InChI=1S/C16H25N/c1-11-8-13(3)15(9-12(11)2)16(10-17)14-6-4-5-7-14/h8-9,14,16H,4-7,10,17H2,1-3H3. The van der Waals surface area contributed by atoms with Crippen molar-refractivity contribution in [3.8, 4) is 0 Å². The highest BCUT2D eigenvalue weighted by atomic mass is 14.6. The molecule has 1 aliphatic carbocycles. The average Bonchev–Trinajstić information content (AvgIpc) is 2.80. The van der Waals surface area contributed by atoms with Crippen molar-refractivity contribution in [3.63, 3.8) is 0 Å². The minimum Gasteiger partial charge on any atom is -0.330 e. The van der Waals surface area contributed by atoms with E-state index in [0.29, 0.717) is 5.92 Å². The quantitative estimate of drug-likeness (QED) is 0.840. The fourth-order valence-electron chi connectivity index (χ4n) is 3.32. The van der Waals surface area contributed by atoms with Crippen LogP contribution in [-0.4, -0.2) is 6.54 Å². The number of rotatable bonds is 3. The zero-order valence-corrected chi connectivity index (χ0v) is 11.4. The fourth-order valence-corrected chi connectivity index (χ4v) is 3.32. The Balaban J connectivity index is 2.32. The Kier molecular flexibility index (Phi) is 3.88. The summed E-state index contributed by atoms with van der Waals surface area (Å²) in [7, 11) is 0. The lowest BCUT2D eigenvalue weighted by Gasteiger charge is -2.25. The second-order valence-corrected chi connectivity index (χ2v) is 5.68. The van der Waals surface area contributed by atoms with Gasteiger partial charge < -0.3 is 5.73 Å². The summed E-state index contributed by atoms with van der Waals surface area (Å²) >= 11 is 0. The van der Waals surface area contributed by atoms with E-state index in [4.69, 9.17) is 5.73 Å². The minimum absolute atomic E-state index is 0.580. The minimum atomic E-state index is 0.580. The highest BCUT2D eigenvalue weighted by Gasteiger charge is 2.26. The van der Waals surface area contributed by atoms with Crippen molar-refractivity contribution in [2.75, 3.05) is 6.54 Å². The Morgan fingerprint density at radius 2 is 1.65 bits per heavy atom. The normalized spacial score (nSPS) is 18.6. The van der Waals surface area contributed by atoms with Crippen LogP contribution in [0.15, 0.2) is 12.1 Å². The summed E-state index contributed by atoms with van der Waals surface area (Å²) in [6.07, 6.45) is 5.53. The van der Waals surface area contributed by atoms with Crippen LogP contribution in [0.25, 0.3) is 0 Å². The van der Waals surface area contributed by atoms with Gasteiger partial charge in [-0.15, -0.1) is 0 Å². The van der Waals surface area contributed by atoms with Crippen LogP contribution < -0.4 is 5.73 Å². The van der Waals surface area contributed by atoms with Crippen LogP contribution in [0.1, 0.15) is 53.9 Å². The Morgan fingerprint density at radius 3 is 2.24 bits per heavy atom. The third kappa shape index (κ3) is 2.55. The van der Waals surface area contributed by atoms with E-state index in [1.54, 1.807) is 0 Å². The van der Waals surface area contributed by atoms with E-state index in [9.17, 15) is 0 Å². The highest BCUT2D eigenvalue weighted by Crippen LogP contribution is 2.38. The second kappa shape index (κ2) is 5.22. The number of aryl methyl sites for hydroxylation is 3. The molecular weight excluding hydrogens is 206 g/mol. The molecule has 1 saturated carbocycles. The van der Waals surface area contributed by atoms with E-state index in [1.807, 2.05) is 0 Å². The van der Waals surface area contributed by atoms with E-state index in [1.165, 1.54) is 47.9 Å². The highest BCUT2D eigenvalue weighted by molar-refractivity contribution is 5.39. The molecule has 2 rings (SSSR count). The molecule has 2 N–H and O–H groups in total. The largest absolute Gasteiger partial charge is 0.330 e. The molecule has 0 saturated heterocycles. The molecule has 1 atom stereocenters. The van der Waals surface area contributed by atoms with Crippen molar-refractivity contribution in [2.24, 2.45) is 11.7 Å². The van der Waals surface area contributed by atoms with E-state index >= 15 is 0 Å². The summed E-state index contributed by atoms with van der Waals surface area (Å²) in [5.74, 6) is 1.40. The van der Waals surface area contributed by atoms with Crippen LogP contribution in [0.2, 0.25) is 0 Å². The van der Waals surface area contributed by atoms with Gasteiger partial charge in [-0.1, -0.05) is 25.0 Å². The maximum absolute atomic E-state index is 6.04. The Bertz CT molecular complexity index is 389. The van der Waals surface area contributed by atoms with Crippen molar-refractivity contribution in [2.45, 2.75) is 52.4 Å². The Morgan fingerprint density at radius 1 is 1.06 bits per heavy atom. The van der Waals surface area contributed by atoms with Crippen LogP contribution in [0.5, 0.6) is 0 Å². The Hall–Kier alpha value is -0.820. The molecule has 0 aliphatic heterocycles. The first-order valence-electron chi connectivity index (χ1n) is 6.91. The lowest BCUT2D eigenvalue weighted by Crippen LogP contribution is -2.21. The summed E-state index contributed by atoms with van der Waals surface area (Å²) in [4.78, 5) is 0. The van der Waals surface area contributed by atoms with Gasteiger partial charge in [-0.25, -0.2) is 0 Å². The van der Waals surface area contributed by atoms with E-state index < -0.39 is 0 Å². The molecule has 0 bridgehead atoms. The Labute approximate surface area is 105 Å². The van der Waals surface area contributed by atoms with Crippen LogP contribution in [0, 0.1) is 26.7 Å². The molecule has 0 spiro atoms. The molecule has 0 radical (unpaired) electrons. The maximum Gasteiger partial charge on any atom is -0.000546 e. The summed E-state index contributed by atoms with van der Waals surface area (Å²) in [5.41, 5.74) is 11.8. The lowest BCUT2D eigenvalue weighted by atomic mass is 9.81. The van der Waals surface area contributed by atoms with Gasteiger partial charge in [0.25, 0.3) is 0 Å². The topological polar surface area (TPSA) is 26.0 Å². The van der Waals surface area contributed by atoms with Gasteiger partial charge in [0.2, 0.25) is 0 Å². The second-order valence-electron chi connectivity index (χ2n) is 5.68. The van der Waals surface area contributed by atoms with Gasteiger partial charge in [0, 0.05) is 0 Å². The number of benzene rings is 1. The van der Waals surface area contributed by atoms with Crippen LogP contribution >= 0.6 is 0 Å². The molecule has 17 heavy (non-hydrogen) atoms. The van der Waals surface area contributed by atoms with Crippen molar-refractivity contribution < 1.29 is 0 Å². The molecule has 1 fully saturated rings. The molecule has 1 aromatic rings. The number of nitrogens with two attached hydrogens (primary N) is 1. The zero-order valence-electron chi connectivity index (χ0n) is 11.4. The lowest BCUT2D eigenvalue weighted by molar-refractivity contribution is 0.439. The zero-order chi connectivity index (χ0) is 12.4. The van der Waals surface area contributed by atoms with Gasteiger partial charge in [0.05, 0.1) is 0 Å². The van der Waals surface area contributed by atoms with E-state index in [-0.39, 0.29) is 0 Å². The molecule has 0 heterocycles. The van der Waals surface area contributed by atoms with Crippen LogP contribution in [-0.2, 0) is 0 Å². The van der Waals surface area contributed by atoms with Crippen molar-refractivity contribution in [1.82, 2.24) is 0 Å². The third-order valence-electron chi connectivity index (χ3n) is 4.50. The van der Waals surface area contributed by atoms with Gasteiger partial charge in [-0.3, -0.25) is 0 Å². The predicted octanol–water partition coefficient (Wildman–Crippen LogP) is 3.84. The number of hydrogen-bond acceptors (Lipinski definition) is 1. The van der Waals surface area contributed by atoms with Crippen LogP contribution in [0.4, 0.5) is 0 Å². The first-order chi connectivity index (χ1) is 8.13. The summed E-state index contributed by atoms with van der Waals surface area (Å²) in [6, 6.07) is 4.70. The third-order valence-corrected chi connectivity index (χ3v) is 4.50. The van der Waals surface area contributed by atoms with E-state index in [2.05, 4.69) is 32.9 Å². The first kappa shape index (κ1) is 12.6. The smallest absolute Gasteiger partial charge is 0.000546 e.